The fraction of sp³-hybridized carbons (Fsp3) is 0. The molecule has 2 aromatic heterocycles. The van der Waals surface area contributed by atoms with E-state index in [0.717, 1.165) is 0 Å². The van der Waals surface area contributed by atoms with Gasteiger partial charge in [0.15, 0.2) is 11.0 Å². The molecular formula is C9H5Cl3N4O. The van der Waals surface area contributed by atoms with Gasteiger partial charge in [-0.15, -0.1) is 0 Å². The van der Waals surface area contributed by atoms with Crippen molar-refractivity contribution in [3.05, 3.63) is 39.5 Å². The molecule has 8 heteroatoms. The second-order valence-corrected chi connectivity index (χ2v) is 4.19. The topological polar surface area (TPSA) is 70.7 Å². The molecule has 0 fully saturated rings. The number of hydrogen-bond donors (Lipinski definition) is 2. The Labute approximate surface area is 111 Å². The van der Waals surface area contributed by atoms with E-state index >= 15 is 0 Å². The van der Waals surface area contributed by atoms with Crippen LogP contribution in [-0.2, 0) is 0 Å². The maximum Gasteiger partial charge on any atom is 0.273 e. The summed E-state index contributed by atoms with van der Waals surface area (Å²) >= 11 is 17.2. The molecule has 0 radical (unpaired) electrons. The number of anilines is 1. The summed E-state index contributed by atoms with van der Waals surface area (Å²) in [6, 6.07) is 1.48. The molecule has 0 aliphatic heterocycles. The summed E-state index contributed by atoms with van der Waals surface area (Å²) in [6.45, 7) is 0. The zero-order valence-corrected chi connectivity index (χ0v) is 10.4. The highest BCUT2D eigenvalue weighted by Crippen LogP contribution is 2.25. The largest absolute Gasteiger partial charge is 0.356 e. The summed E-state index contributed by atoms with van der Waals surface area (Å²) in [5.74, 6) is -0.282. The van der Waals surface area contributed by atoms with Crippen molar-refractivity contribution in [1.82, 2.24) is 15.0 Å². The Morgan fingerprint density at radius 3 is 2.71 bits per heavy atom. The summed E-state index contributed by atoms with van der Waals surface area (Å²) in [4.78, 5) is 21.9. The second kappa shape index (κ2) is 4.91. The first-order valence-electron chi connectivity index (χ1n) is 4.39. The van der Waals surface area contributed by atoms with Gasteiger partial charge in [-0.05, 0) is 6.07 Å². The number of amides is 1. The third-order valence-electron chi connectivity index (χ3n) is 1.87. The number of halogens is 3. The van der Waals surface area contributed by atoms with Gasteiger partial charge in [0.2, 0.25) is 0 Å². The molecule has 0 aliphatic rings. The SMILES string of the molecule is O=C(Nc1ncnc(Cl)c1Cl)c1cc(Cl)c[nH]1. The lowest BCUT2D eigenvalue weighted by molar-refractivity contribution is 0.102. The minimum Gasteiger partial charge on any atom is -0.356 e. The Morgan fingerprint density at radius 1 is 1.29 bits per heavy atom. The fourth-order valence-corrected chi connectivity index (χ4v) is 1.55. The molecule has 0 unspecified atom stereocenters. The van der Waals surface area contributed by atoms with Crippen LogP contribution in [0.1, 0.15) is 10.5 Å². The minimum atomic E-state index is -0.423. The van der Waals surface area contributed by atoms with Crippen LogP contribution < -0.4 is 5.32 Å². The standard InChI is InChI=1S/C9H5Cl3N4O/c10-4-1-5(13-2-4)9(17)16-8-6(11)7(12)14-3-15-8/h1-3,13H,(H,14,15,16,17). The van der Waals surface area contributed by atoms with Gasteiger partial charge in [0.1, 0.15) is 17.0 Å². The van der Waals surface area contributed by atoms with Gasteiger partial charge in [-0.1, -0.05) is 34.8 Å². The molecule has 0 bridgehead atoms. The van der Waals surface area contributed by atoms with E-state index in [2.05, 4.69) is 20.3 Å². The molecule has 0 aliphatic carbocycles. The molecule has 0 saturated heterocycles. The lowest BCUT2D eigenvalue weighted by atomic mass is 10.4. The zero-order valence-electron chi connectivity index (χ0n) is 8.17. The van der Waals surface area contributed by atoms with E-state index in [-0.39, 0.29) is 16.0 Å². The maximum atomic E-state index is 11.7. The van der Waals surface area contributed by atoms with Crippen molar-refractivity contribution in [3.63, 3.8) is 0 Å². The van der Waals surface area contributed by atoms with Crippen LogP contribution in [0.2, 0.25) is 15.2 Å². The van der Waals surface area contributed by atoms with E-state index in [1.165, 1.54) is 18.6 Å². The monoisotopic (exact) mass is 290 g/mol. The highest BCUT2D eigenvalue weighted by atomic mass is 35.5. The summed E-state index contributed by atoms with van der Waals surface area (Å²) in [5, 5.41) is 3.07. The van der Waals surface area contributed by atoms with Crippen LogP contribution in [0.3, 0.4) is 0 Å². The minimum absolute atomic E-state index is 0.0708. The molecule has 2 heterocycles. The molecule has 0 saturated carbocycles. The van der Waals surface area contributed by atoms with Crippen LogP contribution in [0.5, 0.6) is 0 Å². The van der Waals surface area contributed by atoms with Crippen molar-refractivity contribution in [2.45, 2.75) is 0 Å². The molecule has 0 aromatic carbocycles. The van der Waals surface area contributed by atoms with Gasteiger partial charge >= 0.3 is 0 Å². The van der Waals surface area contributed by atoms with Gasteiger partial charge in [0, 0.05) is 6.20 Å². The number of rotatable bonds is 2. The third-order valence-corrected chi connectivity index (χ3v) is 2.83. The van der Waals surface area contributed by atoms with Crippen LogP contribution >= 0.6 is 34.8 Å². The molecular weight excluding hydrogens is 286 g/mol. The van der Waals surface area contributed by atoms with Crippen molar-refractivity contribution in [2.24, 2.45) is 0 Å². The Balaban J connectivity index is 2.21. The normalized spacial score (nSPS) is 10.3. The summed E-state index contributed by atoms with van der Waals surface area (Å²) in [6.07, 6.45) is 2.69. The number of H-pyrrole nitrogens is 1. The number of aromatic amines is 1. The zero-order chi connectivity index (χ0) is 12.4. The Hall–Kier alpha value is -1.30. The number of hydrogen-bond acceptors (Lipinski definition) is 3. The predicted octanol–water partition coefficient (Wildman–Crippen LogP) is 3.02. The van der Waals surface area contributed by atoms with Gasteiger partial charge in [-0.3, -0.25) is 4.79 Å². The van der Waals surface area contributed by atoms with Crippen molar-refractivity contribution >= 4 is 46.5 Å². The summed E-state index contributed by atoms with van der Waals surface area (Å²) in [7, 11) is 0. The van der Waals surface area contributed by atoms with Crippen LogP contribution in [0.15, 0.2) is 18.6 Å². The lowest BCUT2D eigenvalue weighted by Crippen LogP contribution is -2.13. The van der Waals surface area contributed by atoms with Crippen molar-refractivity contribution in [1.29, 1.82) is 0 Å². The Morgan fingerprint density at radius 2 is 2.06 bits per heavy atom. The average Bonchev–Trinajstić information content (AvgIpc) is 2.72. The third kappa shape index (κ3) is 2.69. The first-order chi connectivity index (χ1) is 8.08. The number of carbonyl (C=O) groups excluding carboxylic acids is 1. The summed E-state index contributed by atoms with van der Waals surface area (Å²) < 4.78 is 0. The maximum absolute atomic E-state index is 11.7. The fourth-order valence-electron chi connectivity index (χ4n) is 1.11. The van der Waals surface area contributed by atoms with Crippen LogP contribution in [0.4, 0.5) is 5.82 Å². The highest BCUT2D eigenvalue weighted by molar-refractivity contribution is 6.43. The number of nitrogens with one attached hydrogen (secondary N) is 2. The van der Waals surface area contributed by atoms with Crippen LogP contribution in [-0.4, -0.2) is 20.9 Å². The van der Waals surface area contributed by atoms with E-state index in [1.807, 2.05) is 0 Å². The second-order valence-electron chi connectivity index (χ2n) is 3.01. The van der Waals surface area contributed by atoms with Crippen LogP contribution in [0.25, 0.3) is 0 Å². The molecule has 0 atom stereocenters. The number of aromatic nitrogens is 3. The molecule has 2 rings (SSSR count). The van der Waals surface area contributed by atoms with Crippen molar-refractivity contribution in [3.8, 4) is 0 Å². The first kappa shape index (κ1) is 12.2. The van der Waals surface area contributed by atoms with Gasteiger partial charge < -0.3 is 10.3 Å². The van der Waals surface area contributed by atoms with Crippen molar-refractivity contribution < 1.29 is 4.79 Å². The predicted molar refractivity (Wildman–Crippen MR) is 65.8 cm³/mol. The molecule has 2 N–H and O–H groups in total. The van der Waals surface area contributed by atoms with Crippen molar-refractivity contribution in [2.75, 3.05) is 5.32 Å². The Kier molecular flexibility index (Phi) is 3.51. The van der Waals surface area contributed by atoms with Gasteiger partial charge in [0.25, 0.3) is 5.91 Å². The molecule has 2 aromatic rings. The molecule has 0 spiro atoms. The van der Waals surface area contributed by atoms with E-state index < -0.39 is 5.91 Å². The average molecular weight is 292 g/mol. The van der Waals surface area contributed by atoms with Crippen LogP contribution in [0, 0.1) is 0 Å². The lowest BCUT2D eigenvalue weighted by Gasteiger charge is -2.04. The molecule has 5 nitrogen and oxygen atoms in total. The van der Waals surface area contributed by atoms with E-state index in [0.29, 0.717) is 10.7 Å². The van der Waals surface area contributed by atoms with E-state index in [4.69, 9.17) is 34.8 Å². The van der Waals surface area contributed by atoms with E-state index in [9.17, 15) is 4.79 Å². The summed E-state index contributed by atoms with van der Waals surface area (Å²) in [5.41, 5.74) is 0.292. The molecule has 17 heavy (non-hydrogen) atoms. The molecule has 1 amide bonds. The van der Waals surface area contributed by atoms with Gasteiger partial charge in [0.05, 0.1) is 5.02 Å². The number of carbonyl (C=O) groups is 1. The van der Waals surface area contributed by atoms with Gasteiger partial charge in [-0.2, -0.15) is 0 Å². The Bertz CT molecular complexity index is 569. The quantitative estimate of drug-likeness (QED) is 0.836. The molecule has 88 valence electrons. The van der Waals surface area contributed by atoms with Gasteiger partial charge in [-0.25, -0.2) is 9.97 Å². The smallest absolute Gasteiger partial charge is 0.273 e. The van der Waals surface area contributed by atoms with E-state index in [1.54, 1.807) is 0 Å². The first-order valence-corrected chi connectivity index (χ1v) is 5.52. The highest BCUT2D eigenvalue weighted by Gasteiger charge is 2.13. The number of nitrogens with zero attached hydrogens (tertiary/aromatic N) is 2.